The maximum Gasteiger partial charge on any atom is 0.185 e. The zero-order valence-corrected chi connectivity index (χ0v) is 17.2. The summed E-state index contributed by atoms with van der Waals surface area (Å²) in [6, 6.07) is 5.52. The molecule has 0 amide bonds. The van der Waals surface area contributed by atoms with Gasteiger partial charge in [-0.1, -0.05) is 6.92 Å². The van der Waals surface area contributed by atoms with Gasteiger partial charge in [0.05, 0.1) is 32.6 Å². The Morgan fingerprint density at radius 3 is 2.80 bits per heavy atom. The minimum Gasteiger partial charge on any atom is -0.619 e. The molecule has 10 heteroatoms. The molecule has 0 radical (unpaired) electrons. The van der Waals surface area contributed by atoms with Crippen molar-refractivity contribution in [3.8, 4) is 0 Å². The van der Waals surface area contributed by atoms with Gasteiger partial charge < -0.3 is 31.0 Å². The average Bonchev–Trinajstić information content (AvgIpc) is 3.17. The second-order valence-corrected chi connectivity index (χ2v) is 6.65. The quantitative estimate of drug-likeness (QED) is 0.214. The Bertz CT molecular complexity index is 932. The minimum absolute atomic E-state index is 0.495. The lowest BCUT2D eigenvalue weighted by Crippen LogP contribution is -2.25. The molecule has 0 aliphatic heterocycles. The fourth-order valence-corrected chi connectivity index (χ4v) is 2.93. The predicted molar refractivity (Wildman–Crippen MR) is 114 cm³/mol. The van der Waals surface area contributed by atoms with Crippen molar-refractivity contribution in [1.82, 2.24) is 14.6 Å². The Hall–Kier alpha value is -2.95. The van der Waals surface area contributed by atoms with Crippen molar-refractivity contribution in [2.24, 2.45) is 5.73 Å². The van der Waals surface area contributed by atoms with Crippen LogP contribution in [0.4, 0.5) is 11.6 Å². The topological polar surface area (TPSA) is 126 Å². The summed E-state index contributed by atoms with van der Waals surface area (Å²) in [5, 5.41) is 22.6. The molecule has 162 valence electrons. The Morgan fingerprint density at radius 2 is 2.03 bits per heavy atom. The van der Waals surface area contributed by atoms with Crippen molar-refractivity contribution in [2.45, 2.75) is 19.9 Å². The van der Waals surface area contributed by atoms with Crippen LogP contribution in [0.2, 0.25) is 0 Å². The van der Waals surface area contributed by atoms with E-state index in [1.807, 2.05) is 18.3 Å². The Morgan fingerprint density at radius 1 is 1.20 bits per heavy atom. The Labute approximate surface area is 175 Å². The normalized spacial score (nSPS) is 11.1. The van der Waals surface area contributed by atoms with E-state index in [-0.39, 0.29) is 0 Å². The molecule has 0 saturated carbocycles. The lowest BCUT2D eigenvalue weighted by Gasteiger charge is -2.12. The van der Waals surface area contributed by atoms with E-state index in [0.717, 1.165) is 39.6 Å². The fraction of sp³-hybridized carbons (Fsp3) is 0.450. The van der Waals surface area contributed by atoms with Crippen LogP contribution in [-0.2, 0) is 22.4 Å². The third-order valence-corrected chi connectivity index (χ3v) is 4.42. The molecule has 3 aromatic rings. The van der Waals surface area contributed by atoms with Gasteiger partial charge in [0.15, 0.2) is 18.0 Å². The molecule has 10 nitrogen and oxygen atoms in total. The van der Waals surface area contributed by atoms with Gasteiger partial charge in [-0.3, -0.25) is 0 Å². The largest absolute Gasteiger partial charge is 0.619 e. The highest BCUT2D eigenvalue weighted by atomic mass is 16.5. The number of hydrogen-bond acceptors (Lipinski definition) is 8. The molecule has 0 aliphatic rings. The summed E-state index contributed by atoms with van der Waals surface area (Å²) >= 11 is 0. The molecule has 0 atom stereocenters. The van der Waals surface area contributed by atoms with E-state index >= 15 is 0 Å². The molecule has 0 aliphatic carbocycles. The SMILES string of the molecule is CCc1cnn2c(NCc3ccc[n+]([O-])c3)cc(NCCOCCOCCN)nc12. The van der Waals surface area contributed by atoms with Crippen LogP contribution in [0.3, 0.4) is 0 Å². The number of anilines is 2. The second kappa shape index (κ2) is 11.3. The molecule has 0 unspecified atom stereocenters. The smallest absolute Gasteiger partial charge is 0.185 e. The van der Waals surface area contributed by atoms with Gasteiger partial charge in [0, 0.05) is 42.9 Å². The zero-order chi connectivity index (χ0) is 21.2. The van der Waals surface area contributed by atoms with Crippen molar-refractivity contribution in [3.05, 3.63) is 53.1 Å². The molecule has 4 N–H and O–H groups in total. The molecule has 3 aromatic heterocycles. The Balaban J connectivity index is 1.63. The number of nitrogens with two attached hydrogens (primary N) is 1. The number of rotatable bonds is 13. The summed E-state index contributed by atoms with van der Waals surface area (Å²) in [7, 11) is 0. The molecular weight excluding hydrogens is 386 g/mol. The van der Waals surface area contributed by atoms with E-state index in [4.69, 9.17) is 20.2 Å². The first kappa shape index (κ1) is 21.8. The molecule has 3 heterocycles. The predicted octanol–water partition coefficient (Wildman–Crippen LogP) is 0.941. The third kappa shape index (κ3) is 6.02. The van der Waals surface area contributed by atoms with Crippen LogP contribution in [0.1, 0.15) is 18.1 Å². The summed E-state index contributed by atoms with van der Waals surface area (Å²) in [5.74, 6) is 1.52. The van der Waals surface area contributed by atoms with Gasteiger partial charge in [0.25, 0.3) is 0 Å². The number of nitrogens with one attached hydrogen (secondary N) is 2. The fourth-order valence-electron chi connectivity index (χ4n) is 2.93. The number of ether oxygens (including phenoxy) is 2. The molecular formula is C20H29N7O3. The average molecular weight is 415 g/mol. The van der Waals surface area contributed by atoms with Crippen LogP contribution in [-0.4, -0.2) is 54.1 Å². The van der Waals surface area contributed by atoms with Crippen LogP contribution >= 0.6 is 0 Å². The van der Waals surface area contributed by atoms with Gasteiger partial charge in [-0.2, -0.15) is 14.3 Å². The van der Waals surface area contributed by atoms with Crippen molar-refractivity contribution >= 4 is 17.3 Å². The Kier molecular flexibility index (Phi) is 8.19. The number of fused-ring (bicyclic) bond motifs is 1. The van der Waals surface area contributed by atoms with Gasteiger partial charge >= 0.3 is 0 Å². The summed E-state index contributed by atoms with van der Waals surface area (Å²) in [4.78, 5) is 4.70. The number of hydrogen-bond donors (Lipinski definition) is 3. The molecule has 0 saturated heterocycles. The van der Waals surface area contributed by atoms with E-state index in [1.54, 1.807) is 16.8 Å². The van der Waals surface area contributed by atoms with Crippen LogP contribution in [0.5, 0.6) is 0 Å². The highest BCUT2D eigenvalue weighted by Crippen LogP contribution is 2.20. The van der Waals surface area contributed by atoms with E-state index in [0.29, 0.717) is 46.1 Å². The third-order valence-electron chi connectivity index (χ3n) is 4.42. The summed E-state index contributed by atoms with van der Waals surface area (Å²) in [6.07, 6.45) is 5.67. The summed E-state index contributed by atoms with van der Waals surface area (Å²) in [6.45, 7) is 5.84. The van der Waals surface area contributed by atoms with E-state index in [2.05, 4.69) is 22.7 Å². The van der Waals surface area contributed by atoms with Crippen molar-refractivity contribution in [3.63, 3.8) is 0 Å². The molecule has 30 heavy (non-hydrogen) atoms. The highest BCUT2D eigenvalue weighted by Gasteiger charge is 2.11. The lowest BCUT2D eigenvalue weighted by atomic mass is 10.2. The van der Waals surface area contributed by atoms with Gasteiger partial charge in [-0.05, 0) is 12.5 Å². The molecule has 0 fully saturated rings. The van der Waals surface area contributed by atoms with Crippen LogP contribution in [0.25, 0.3) is 5.65 Å². The first-order valence-electron chi connectivity index (χ1n) is 10.1. The molecule has 3 rings (SSSR count). The minimum atomic E-state index is 0.495. The van der Waals surface area contributed by atoms with E-state index in [9.17, 15) is 5.21 Å². The number of aryl methyl sites for hydroxylation is 1. The van der Waals surface area contributed by atoms with Crippen molar-refractivity contribution in [1.29, 1.82) is 0 Å². The molecule has 0 bridgehead atoms. The van der Waals surface area contributed by atoms with Crippen molar-refractivity contribution < 1.29 is 14.2 Å². The summed E-state index contributed by atoms with van der Waals surface area (Å²) in [5.41, 5.74) is 8.11. The maximum atomic E-state index is 11.5. The molecule has 0 aromatic carbocycles. The van der Waals surface area contributed by atoms with Crippen LogP contribution in [0, 0.1) is 5.21 Å². The van der Waals surface area contributed by atoms with Crippen LogP contribution in [0.15, 0.2) is 36.8 Å². The van der Waals surface area contributed by atoms with Crippen LogP contribution < -0.4 is 21.1 Å². The first-order chi connectivity index (χ1) is 14.7. The van der Waals surface area contributed by atoms with E-state index in [1.165, 1.54) is 6.20 Å². The number of nitrogens with zero attached hydrogens (tertiary/aromatic N) is 4. The van der Waals surface area contributed by atoms with E-state index < -0.39 is 0 Å². The monoisotopic (exact) mass is 415 g/mol. The highest BCUT2D eigenvalue weighted by molar-refractivity contribution is 5.60. The summed E-state index contributed by atoms with van der Waals surface area (Å²) < 4.78 is 13.4. The number of aromatic nitrogens is 4. The van der Waals surface area contributed by atoms with Gasteiger partial charge in [0.2, 0.25) is 0 Å². The number of pyridine rings is 1. The first-order valence-corrected chi connectivity index (χ1v) is 10.1. The maximum absolute atomic E-state index is 11.5. The lowest BCUT2D eigenvalue weighted by molar-refractivity contribution is -0.605. The van der Waals surface area contributed by atoms with Gasteiger partial charge in [-0.25, -0.2) is 4.98 Å². The molecule has 0 spiro atoms. The second-order valence-electron chi connectivity index (χ2n) is 6.65. The van der Waals surface area contributed by atoms with Crippen molar-refractivity contribution in [2.75, 3.05) is 50.2 Å². The standard InChI is InChI=1S/C20H29N7O3/c1-2-17-14-24-27-19(23-13-16-4-3-7-26(28)15-16)12-18(25-20(17)27)22-6-9-30-11-10-29-8-5-21/h3-4,7,12,14-15,23H,2,5-6,8-11,13,21H2,1H3,(H,22,25). The van der Waals surface area contributed by atoms with Gasteiger partial charge in [0.1, 0.15) is 11.6 Å². The van der Waals surface area contributed by atoms with Gasteiger partial charge in [-0.15, -0.1) is 0 Å². The zero-order valence-electron chi connectivity index (χ0n) is 17.2.